The maximum Gasteiger partial charge on any atom is 0.128 e. The van der Waals surface area contributed by atoms with Crippen LogP contribution in [0.1, 0.15) is 63.5 Å². The van der Waals surface area contributed by atoms with Gasteiger partial charge in [-0.2, -0.15) is 0 Å². The van der Waals surface area contributed by atoms with Crippen molar-refractivity contribution in [2.24, 2.45) is 0 Å². The van der Waals surface area contributed by atoms with Crippen LogP contribution in [0.3, 0.4) is 0 Å². The molecule has 1 atom stereocenters. The average Bonchev–Trinajstić information content (AvgIpc) is 2.57. The Morgan fingerprint density at radius 3 is 2.57 bits per heavy atom. The highest BCUT2D eigenvalue weighted by molar-refractivity contribution is 5.40. The zero-order chi connectivity index (χ0) is 14.5. The molecule has 0 N–H and O–H groups in total. The van der Waals surface area contributed by atoms with E-state index in [0.717, 1.165) is 0 Å². The Bertz CT molecular complexity index is 421. The van der Waals surface area contributed by atoms with Crippen molar-refractivity contribution in [2.45, 2.75) is 57.9 Å². The van der Waals surface area contributed by atoms with Crippen LogP contribution in [0.15, 0.2) is 18.3 Å². The van der Waals surface area contributed by atoms with E-state index in [-0.39, 0.29) is 0 Å². The van der Waals surface area contributed by atoms with Gasteiger partial charge in [0.15, 0.2) is 0 Å². The summed E-state index contributed by atoms with van der Waals surface area (Å²) in [6.45, 7) is 7.11. The Morgan fingerprint density at radius 2 is 1.86 bits per heavy atom. The molecule has 0 radical (unpaired) electrons. The third kappa shape index (κ3) is 3.57. The molecule has 1 aromatic rings. The van der Waals surface area contributed by atoms with Gasteiger partial charge in [0.1, 0.15) is 5.82 Å². The molecule has 116 valence electrons. The first-order valence-electron chi connectivity index (χ1n) is 8.83. The summed E-state index contributed by atoms with van der Waals surface area (Å²) in [5.74, 6) is 1.18. The number of rotatable bonds is 4. The fourth-order valence-corrected chi connectivity index (χ4v) is 3.83. The Labute approximate surface area is 129 Å². The number of piperidine rings is 2. The Kier molecular flexibility index (Phi) is 5.13. The number of hydrogen-bond donors (Lipinski definition) is 0. The quantitative estimate of drug-likeness (QED) is 0.834. The molecule has 0 bridgehead atoms. The molecule has 3 rings (SSSR count). The Hall–Kier alpha value is -1.09. The molecule has 0 aromatic carbocycles. The maximum absolute atomic E-state index is 4.77. The number of pyridine rings is 1. The van der Waals surface area contributed by atoms with E-state index in [4.69, 9.17) is 4.98 Å². The van der Waals surface area contributed by atoms with Crippen molar-refractivity contribution in [3.63, 3.8) is 0 Å². The average molecular weight is 287 g/mol. The van der Waals surface area contributed by atoms with E-state index >= 15 is 0 Å². The number of likely N-dealkylation sites (tertiary alicyclic amines) is 1. The van der Waals surface area contributed by atoms with Crippen molar-refractivity contribution in [2.75, 3.05) is 31.1 Å². The van der Waals surface area contributed by atoms with Crippen molar-refractivity contribution >= 4 is 5.82 Å². The van der Waals surface area contributed by atoms with Crippen molar-refractivity contribution in [3.05, 3.63) is 23.9 Å². The third-order valence-corrected chi connectivity index (χ3v) is 4.96. The molecule has 0 amide bonds. The van der Waals surface area contributed by atoms with Gasteiger partial charge in [-0.25, -0.2) is 4.98 Å². The Morgan fingerprint density at radius 1 is 1.05 bits per heavy atom. The summed E-state index contributed by atoms with van der Waals surface area (Å²) >= 11 is 0. The van der Waals surface area contributed by atoms with Crippen LogP contribution >= 0.6 is 0 Å². The van der Waals surface area contributed by atoms with Gasteiger partial charge in [-0.05, 0) is 63.2 Å². The standard InChI is InChI=1S/C18H29N3/c1-2-11-20-12-7-4-8-17(20)16-9-10-18(19-15-16)21-13-5-3-6-14-21/h9-10,15,17H,2-8,11-14H2,1H3/t17-/m1/s1. The molecule has 2 aliphatic rings. The van der Waals surface area contributed by atoms with Gasteiger partial charge in [0.25, 0.3) is 0 Å². The molecule has 1 aromatic heterocycles. The van der Waals surface area contributed by atoms with E-state index in [1.54, 1.807) is 0 Å². The number of anilines is 1. The van der Waals surface area contributed by atoms with E-state index in [2.05, 4.69) is 35.1 Å². The van der Waals surface area contributed by atoms with Gasteiger partial charge in [-0.15, -0.1) is 0 Å². The van der Waals surface area contributed by atoms with Crippen molar-refractivity contribution in [3.8, 4) is 0 Å². The van der Waals surface area contributed by atoms with Crippen molar-refractivity contribution in [1.29, 1.82) is 0 Å². The summed E-state index contributed by atoms with van der Waals surface area (Å²) in [5.41, 5.74) is 1.42. The molecule has 21 heavy (non-hydrogen) atoms. The monoisotopic (exact) mass is 287 g/mol. The van der Waals surface area contributed by atoms with Crippen LogP contribution in [0.25, 0.3) is 0 Å². The van der Waals surface area contributed by atoms with Crippen molar-refractivity contribution in [1.82, 2.24) is 9.88 Å². The summed E-state index contributed by atoms with van der Waals surface area (Å²) < 4.78 is 0. The van der Waals surface area contributed by atoms with Gasteiger partial charge >= 0.3 is 0 Å². The summed E-state index contributed by atoms with van der Waals surface area (Å²) in [6.07, 6.45) is 11.4. The first kappa shape index (κ1) is 14.8. The smallest absolute Gasteiger partial charge is 0.128 e. The lowest BCUT2D eigenvalue weighted by molar-refractivity contribution is 0.149. The molecule has 0 saturated carbocycles. The first-order chi connectivity index (χ1) is 10.4. The van der Waals surface area contributed by atoms with Gasteiger partial charge in [0, 0.05) is 25.3 Å². The minimum absolute atomic E-state index is 0.599. The van der Waals surface area contributed by atoms with Gasteiger partial charge < -0.3 is 4.90 Å². The largest absolute Gasteiger partial charge is 0.357 e. The van der Waals surface area contributed by atoms with Gasteiger partial charge in [0.2, 0.25) is 0 Å². The molecule has 3 heteroatoms. The molecular weight excluding hydrogens is 258 g/mol. The first-order valence-corrected chi connectivity index (χ1v) is 8.83. The molecule has 2 aliphatic heterocycles. The highest BCUT2D eigenvalue weighted by Crippen LogP contribution is 2.31. The van der Waals surface area contributed by atoms with Crippen molar-refractivity contribution < 1.29 is 0 Å². The van der Waals surface area contributed by atoms with Crippen LogP contribution in [0.5, 0.6) is 0 Å². The normalized spacial score (nSPS) is 24.2. The zero-order valence-electron chi connectivity index (χ0n) is 13.4. The molecular formula is C18H29N3. The van der Waals surface area contributed by atoms with E-state index in [9.17, 15) is 0 Å². The van der Waals surface area contributed by atoms with E-state index < -0.39 is 0 Å². The SMILES string of the molecule is CCCN1CCCC[C@@H]1c1ccc(N2CCCCC2)nc1. The maximum atomic E-state index is 4.77. The lowest BCUT2D eigenvalue weighted by atomic mass is 9.96. The lowest BCUT2D eigenvalue weighted by Crippen LogP contribution is -2.34. The van der Waals surface area contributed by atoms with Crippen LogP contribution in [-0.4, -0.2) is 36.1 Å². The summed E-state index contributed by atoms with van der Waals surface area (Å²) in [6, 6.07) is 5.18. The molecule has 2 saturated heterocycles. The second kappa shape index (κ2) is 7.26. The van der Waals surface area contributed by atoms with E-state index in [0.29, 0.717) is 6.04 Å². The third-order valence-electron chi connectivity index (χ3n) is 4.96. The fourth-order valence-electron chi connectivity index (χ4n) is 3.83. The minimum atomic E-state index is 0.599. The Balaban J connectivity index is 1.70. The molecule has 3 nitrogen and oxygen atoms in total. The van der Waals surface area contributed by atoms with Crippen LogP contribution in [0, 0.1) is 0 Å². The topological polar surface area (TPSA) is 19.4 Å². The molecule has 0 spiro atoms. The predicted octanol–water partition coefficient (Wildman–Crippen LogP) is 4.01. The summed E-state index contributed by atoms with van der Waals surface area (Å²) in [4.78, 5) is 9.87. The lowest BCUT2D eigenvalue weighted by Gasteiger charge is -2.36. The highest BCUT2D eigenvalue weighted by atomic mass is 15.2. The van der Waals surface area contributed by atoms with Crippen LogP contribution in [-0.2, 0) is 0 Å². The second-order valence-electron chi connectivity index (χ2n) is 6.54. The highest BCUT2D eigenvalue weighted by Gasteiger charge is 2.23. The number of nitrogens with zero attached hydrogens (tertiary/aromatic N) is 3. The summed E-state index contributed by atoms with van der Waals surface area (Å²) in [5, 5.41) is 0. The molecule has 2 fully saturated rings. The van der Waals surface area contributed by atoms with Crippen LogP contribution in [0.2, 0.25) is 0 Å². The van der Waals surface area contributed by atoms with E-state index in [1.807, 2.05) is 0 Å². The molecule has 0 aliphatic carbocycles. The second-order valence-corrected chi connectivity index (χ2v) is 6.54. The molecule has 0 unspecified atom stereocenters. The zero-order valence-corrected chi connectivity index (χ0v) is 13.4. The minimum Gasteiger partial charge on any atom is -0.357 e. The van der Waals surface area contributed by atoms with Crippen LogP contribution in [0.4, 0.5) is 5.82 Å². The van der Waals surface area contributed by atoms with Gasteiger partial charge in [-0.3, -0.25) is 4.90 Å². The number of aromatic nitrogens is 1. The fraction of sp³-hybridized carbons (Fsp3) is 0.722. The predicted molar refractivity (Wildman–Crippen MR) is 88.8 cm³/mol. The van der Waals surface area contributed by atoms with Gasteiger partial charge in [-0.1, -0.05) is 19.4 Å². The molecule has 3 heterocycles. The summed E-state index contributed by atoms with van der Waals surface area (Å²) in [7, 11) is 0. The van der Waals surface area contributed by atoms with Gasteiger partial charge in [0.05, 0.1) is 0 Å². The van der Waals surface area contributed by atoms with Crippen LogP contribution < -0.4 is 4.90 Å². The number of hydrogen-bond acceptors (Lipinski definition) is 3. The van der Waals surface area contributed by atoms with E-state index in [1.165, 1.54) is 82.5 Å².